The minimum absolute atomic E-state index is 0.164. The summed E-state index contributed by atoms with van der Waals surface area (Å²) in [5.41, 5.74) is 6.54. The lowest BCUT2D eigenvalue weighted by atomic mass is 10.1. The zero-order valence-corrected chi connectivity index (χ0v) is 17.2. The van der Waals surface area contributed by atoms with Gasteiger partial charge in [0.1, 0.15) is 0 Å². The van der Waals surface area contributed by atoms with Crippen LogP contribution in [0.2, 0.25) is 0 Å². The average Bonchev–Trinajstić information content (AvgIpc) is 3.37. The van der Waals surface area contributed by atoms with Crippen LogP contribution in [0.4, 0.5) is 5.69 Å². The topological polar surface area (TPSA) is 73.0 Å². The molecule has 0 bridgehead atoms. The van der Waals surface area contributed by atoms with Gasteiger partial charge in [0.2, 0.25) is 5.89 Å². The number of rotatable bonds is 4. The molecule has 2 aromatic carbocycles. The van der Waals surface area contributed by atoms with Gasteiger partial charge in [-0.05, 0) is 80.6 Å². The van der Waals surface area contributed by atoms with Crippen molar-refractivity contribution in [3.63, 3.8) is 0 Å². The van der Waals surface area contributed by atoms with Gasteiger partial charge >= 0.3 is 0 Å². The molecule has 0 spiro atoms. The molecular weight excluding hydrogens is 388 g/mol. The molecule has 3 aromatic heterocycles. The second kappa shape index (κ2) is 7.57. The Hall–Kier alpha value is -4.19. The standard InChI is InChI=1S/C25H20N4O2/c1-16-8-9-17(2)29(16)21-6-3-5-19(15-21)24(30)27-20-12-10-18(11-13-20)25-28-23-22(31-25)7-4-14-26-23/h3-15H,1-2H3,(H,27,30). The number of aromatic nitrogens is 3. The van der Waals surface area contributed by atoms with Gasteiger partial charge in [0, 0.05) is 40.1 Å². The molecule has 5 aromatic rings. The molecule has 0 aliphatic heterocycles. The maximum Gasteiger partial charge on any atom is 0.255 e. The molecule has 3 heterocycles. The van der Waals surface area contributed by atoms with Gasteiger partial charge < -0.3 is 14.3 Å². The molecule has 1 amide bonds. The summed E-state index contributed by atoms with van der Waals surface area (Å²) in [6.07, 6.45) is 1.68. The first kappa shape index (κ1) is 18.8. The van der Waals surface area contributed by atoms with E-state index in [-0.39, 0.29) is 5.91 Å². The third-order valence-corrected chi connectivity index (χ3v) is 5.19. The van der Waals surface area contributed by atoms with Crippen molar-refractivity contribution in [1.29, 1.82) is 0 Å². The summed E-state index contributed by atoms with van der Waals surface area (Å²) in [5.74, 6) is 0.333. The van der Waals surface area contributed by atoms with Gasteiger partial charge in [0.15, 0.2) is 11.2 Å². The number of pyridine rings is 1. The lowest BCUT2D eigenvalue weighted by Gasteiger charge is -2.11. The third kappa shape index (κ3) is 3.59. The van der Waals surface area contributed by atoms with Crippen molar-refractivity contribution in [2.45, 2.75) is 13.8 Å². The van der Waals surface area contributed by atoms with E-state index in [1.54, 1.807) is 6.20 Å². The molecule has 0 saturated heterocycles. The van der Waals surface area contributed by atoms with E-state index in [9.17, 15) is 4.79 Å². The first-order chi connectivity index (χ1) is 15.1. The van der Waals surface area contributed by atoms with E-state index in [4.69, 9.17) is 4.42 Å². The highest BCUT2D eigenvalue weighted by molar-refractivity contribution is 6.04. The Morgan fingerprint density at radius 3 is 2.45 bits per heavy atom. The molecule has 0 radical (unpaired) electrons. The normalized spacial score (nSPS) is 11.0. The Bertz CT molecular complexity index is 1340. The van der Waals surface area contributed by atoms with Crippen LogP contribution in [0, 0.1) is 13.8 Å². The van der Waals surface area contributed by atoms with Gasteiger partial charge in [-0.25, -0.2) is 4.98 Å². The van der Waals surface area contributed by atoms with Gasteiger partial charge in [-0.2, -0.15) is 4.98 Å². The van der Waals surface area contributed by atoms with Crippen molar-refractivity contribution in [3.05, 3.63) is 95.9 Å². The molecule has 0 aliphatic carbocycles. The summed E-state index contributed by atoms with van der Waals surface area (Å²) in [6.45, 7) is 4.10. The highest BCUT2D eigenvalue weighted by Crippen LogP contribution is 2.25. The number of carbonyl (C=O) groups is 1. The van der Waals surface area contributed by atoms with Crippen LogP contribution >= 0.6 is 0 Å². The quantitative estimate of drug-likeness (QED) is 0.423. The zero-order valence-electron chi connectivity index (χ0n) is 17.2. The van der Waals surface area contributed by atoms with Gasteiger partial charge in [-0.1, -0.05) is 6.07 Å². The first-order valence-corrected chi connectivity index (χ1v) is 9.97. The fourth-order valence-electron chi connectivity index (χ4n) is 3.65. The van der Waals surface area contributed by atoms with E-state index in [0.717, 1.165) is 22.6 Å². The van der Waals surface area contributed by atoms with Crippen LogP contribution in [-0.2, 0) is 0 Å². The van der Waals surface area contributed by atoms with E-state index in [0.29, 0.717) is 28.4 Å². The smallest absolute Gasteiger partial charge is 0.255 e. The number of fused-ring (bicyclic) bond motifs is 1. The van der Waals surface area contributed by atoms with Gasteiger partial charge in [0.05, 0.1) is 0 Å². The van der Waals surface area contributed by atoms with Crippen molar-refractivity contribution < 1.29 is 9.21 Å². The van der Waals surface area contributed by atoms with Crippen molar-refractivity contribution in [2.24, 2.45) is 0 Å². The predicted octanol–water partition coefficient (Wildman–Crippen LogP) is 5.55. The van der Waals surface area contributed by atoms with Crippen LogP contribution in [-0.4, -0.2) is 20.4 Å². The zero-order chi connectivity index (χ0) is 21.4. The second-order valence-electron chi connectivity index (χ2n) is 7.38. The summed E-state index contributed by atoms with van der Waals surface area (Å²) >= 11 is 0. The number of oxazole rings is 1. The van der Waals surface area contributed by atoms with Crippen molar-refractivity contribution in [1.82, 2.24) is 14.5 Å². The molecule has 6 heteroatoms. The van der Waals surface area contributed by atoms with E-state index in [1.165, 1.54) is 0 Å². The predicted molar refractivity (Wildman–Crippen MR) is 120 cm³/mol. The van der Waals surface area contributed by atoms with Crippen molar-refractivity contribution in [3.8, 4) is 17.1 Å². The number of nitrogens with zero attached hydrogens (tertiary/aromatic N) is 3. The molecule has 6 nitrogen and oxygen atoms in total. The molecule has 0 unspecified atom stereocenters. The number of amides is 1. The number of hydrogen-bond acceptors (Lipinski definition) is 4. The summed E-state index contributed by atoms with van der Waals surface area (Å²) in [4.78, 5) is 21.4. The fourth-order valence-corrected chi connectivity index (χ4v) is 3.65. The van der Waals surface area contributed by atoms with Crippen molar-refractivity contribution >= 4 is 22.8 Å². The van der Waals surface area contributed by atoms with Crippen LogP contribution in [0.15, 0.2) is 83.4 Å². The van der Waals surface area contributed by atoms with E-state index < -0.39 is 0 Å². The van der Waals surface area contributed by atoms with Crippen LogP contribution in [0.1, 0.15) is 21.7 Å². The number of benzene rings is 2. The fraction of sp³-hybridized carbons (Fsp3) is 0.0800. The highest BCUT2D eigenvalue weighted by Gasteiger charge is 2.11. The molecular formula is C25H20N4O2. The third-order valence-electron chi connectivity index (χ3n) is 5.19. The Labute approximate surface area is 179 Å². The SMILES string of the molecule is Cc1ccc(C)n1-c1cccc(C(=O)Nc2ccc(-c3nc4ncccc4o3)cc2)c1. The summed E-state index contributed by atoms with van der Waals surface area (Å²) in [6, 6.07) is 22.8. The Morgan fingerprint density at radius 2 is 1.71 bits per heavy atom. The van der Waals surface area contributed by atoms with Crippen LogP contribution in [0.5, 0.6) is 0 Å². The molecule has 0 fully saturated rings. The molecule has 0 saturated carbocycles. The molecule has 0 atom stereocenters. The van der Waals surface area contributed by atoms with Crippen LogP contribution in [0.3, 0.4) is 0 Å². The van der Waals surface area contributed by atoms with E-state index in [1.807, 2.05) is 74.5 Å². The molecule has 152 valence electrons. The van der Waals surface area contributed by atoms with Crippen LogP contribution < -0.4 is 5.32 Å². The minimum atomic E-state index is -0.164. The summed E-state index contributed by atoms with van der Waals surface area (Å²) in [7, 11) is 0. The Kier molecular flexibility index (Phi) is 4.59. The monoisotopic (exact) mass is 408 g/mol. The molecule has 0 aliphatic rings. The van der Waals surface area contributed by atoms with Crippen LogP contribution in [0.25, 0.3) is 28.4 Å². The van der Waals surface area contributed by atoms with E-state index in [2.05, 4.69) is 32.0 Å². The minimum Gasteiger partial charge on any atom is -0.434 e. The summed E-state index contributed by atoms with van der Waals surface area (Å²) in [5, 5.41) is 2.95. The lowest BCUT2D eigenvalue weighted by Crippen LogP contribution is -2.12. The number of nitrogens with one attached hydrogen (secondary N) is 1. The number of carbonyl (C=O) groups excluding carboxylic acids is 1. The number of aryl methyl sites for hydroxylation is 2. The van der Waals surface area contributed by atoms with Gasteiger partial charge in [0.25, 0.3) is 5.91 Å². The summed E-state index contributed by atoms with van der Waals surface area (Å²) < 4.78 is 7.87. The average molecular weight is 408 g/mol. The van der Waals surface area contributed by atoms with Crippen molar-refractivity contribution in [2.75, 3.05) is 5.32 Å². The number of hydrogen-bond donors (Lipinski definition) is 1. The Balaban J connectivity index is 1.35. The lowest BCUT2D eigenvalue weighted by molar-refractivity contribution is 0.102. The molecule has 1 N–H and O–H groups in total. The molecule has 31 heavy (non-hydrogen) atoms. The Morgan fingerprint density at radius 1 is 0.935 bits per heavy atom. The largest absolute Gasteiger partial charge is 0.434 e. The second-order valence-corrected chi connectivity index (χ2v) is 7.38. The van der Waals surface area contributed by atoms with Gasteiger partial charge in [-0.3, -0.25) is 4.79 Å². The van der Waals surface area contributed by atoms with E-state index >= 15 is 0 Å². The maximum absolute atomic E-state index is 12.8. The highest BCUT2D eigenvalue weighted by atomic mass is 16.3. The molecule has 5 rings (SSSR count). The first-order valence-electron chi connectivity index (χ1n) is 9.97. The number of anilines is 1. The van der Waals surface area contributed by atoms with Gasteiger partial charge in [-0.15, -0.1) is 0 Å². The maximum atomic E-state index is 12.8.